The van der Waals surface area contributed by atoms with Gasteiger partial charge >= 0.3 is 0 Å². The van der Waals surface area contributed by atoms with Crippen LogP contribution in [-0.2, 0) is 4.79 Å². The highest BCUT2D eigenvalue weighted by Gasteiger charge is 2.59. The first-order chi connectivity index (χ1) is 11.3. The Hall–Kier alpha value is -0.920. The van der Waals surface area contributed by atoms with E-state index in [2.05, 4.69) is 20.8 Å². The maximum Gasteiger partial charge on any atom is 0.155 e. The molecule has 1 nitrogen and oxygen atoms in total. The summed E-state index contributed by atoms with van der Waals surface area (Å²) >= 11 is 0. The fourth-order valence-corrected chi connectivity index (χ4v) is 7.36. The van der Waals surface area contributed by atoms with Crippen LogP contribution in [0.3, 0.4) is 0 Å². The Morgan fingerprint density at radius 2 is 1.83 bits per heavy atom. The van der Waals surface area contributed by atoms with Crippen molar-refractivity contribution in [3.05, 3.63) is 23.0 Å². The van der Waals surface area contributed by atoms with E-state index in [1.54, 1.807) is 6.92 Å². The molecule has 0 N–H and O–H groups in total. The molecule has 2 heteroatoms. The van der Waals surface area contributed by atoms with Crippen LogP contribution in [0.25, 0.3) is 0 Å². The average molecular weight is 330 g/mol. The topological polar surface area (TPSA) is 17.1 Å². The summed E-state index contributed by atoms with van der Waals surface area (Å²) in [5.74, 6) is 2.93. The quantitative estimate of drug-likeness (QED) is 0.532. The molecule has 0 aromatic rings. The number of hydrogen-bond acceptors (Lipinski definition) is 1. The molecule has 0 bridgehead atoms. The van der Waals surface area contributed by atoms with Crippen molar-refractivity contribution in [2.75, 3.05) is 0 Å². The van der Waals surface area contributed by atoms with Gasteiger partial charge in [0.2, 0.25) is 0 Å². The minimum Gasteiger partial charge on any atom is -0.295 e. The monoisotopic (exact) mass is 330 g/mol. The highest BCUT2D eigenvalue weighted by molar-refractivity contribution is 5.91. The Balaban J connectivity index is 1.74. The van der Waals surface area contributed by atoms with E-state index in [1.807, 2.05) is 6.08 Å². The van der Waals surface area contributed by atoms with Crippen LogP contribution in [-0.4, -0.2) is 5.78 Å². The standard InChI is InChI=1S/C22H31FO/c1-13-11-16-18-6-5-17(14(2)23)21(18,3)10-8-19(16)22(4)9-7-15(24)12-20(13)22/h12-13,16,18-19H,5-11H2,1-4H3/t13-,16?,18?,19?,21+,22+/m0/s1. The number of halogens is 1. The molecule has 6 atom stereocenters. The van der Waals surface area contributed by atoms with Gasteiger partial charge in [0.05, 0.1) is 5.83 Å². The van der Waals surface area contributed by atoms with Crippen LogP contribution < -0.4 is 0 Å². The van der Waals surface area contributed by atoms with Gasteiger partial charge in [-0.1, -0.05) is 26.3 Å². The predicted octanol–water partition coefficient (Wildman–Crippen LogP) is 6.01. The molecule has 0 aliphatic heterocycles. The van der Waals surface area contributed by atoms with Gasteiger partial charge in [-0.05, 0) is 91.6 Å². The first-order valence-corrected chi connectivity index (χ1v) is 9.88. The van der Waals surface area contributed by atoms with E-state index < -0.39 is 0 Å². The van der Waals surface area contributed by atoms with E-state index in [0.29, 0.717) is 35.9 Å². The molecule has 4 aliphatic rings. The van der Waals surface area contributed by atoms with Gasteiger partial charge < -0.3 is 0 Å². The first-order valence-electron chi connectivity index (χ1n) is 9.88. The predicted molar refractivity (Wildman–Crippen MR) is 95.1 cm³/mol. The molecule has 3 fully saturated rings. The van der Waals surface area contributed by atoms with E-state index in [0.717, 1.165) is 31.3 Å². The second-order valence-corrected chi connectivity index (χ2v) is 9.50. The molecule has 0 radical (unpaired) electrons. The van der Waals surface area contributed by atoms with Crippen LogP contribution in [0.15, 0.2) is 23.0 Å². The molecule has 4 rings (SSSR count). The lowest BCUT2D eigenvalue weighted by Gasteiger charge is -2.59. The number of fused-ring (bicyclic) bond motifs is 5. The van der Waals surface area contributed by atoms with Crippen LogP contribution in [0, 0.1) is 34.5 Å². The summed E-state index contributed by atoms with van der Waals surface area (Å²) in [6.07, 6.45) is 9.37. The van der Waals surface area contributed by atoms with E-state index in [4.69, 9.17) is 0 Å². The van der Waals surface area contributed by atoms with Gasteiger partial charge in [-0.15, -0.1) is 0 Å². The molecule has 3 saturated carbocycles. The lowest BCUT2D eigenvalue weighted by molar-refractivity contribution is -0.117. The number of allylic oxidation sites excluding steroid dienone is 3. The third kappa shape index (κ3) is 2.07. The molecule has 3 unspecified atom stereocenters. The molecule has 132 valence electrons. The van der Waals surface area contributed by atoms with E-state index in [9.17, 15) is 9.18 Å². The molecule has 0 saturated heterocycles. The number of carbonyl (C=O) groups is 1. The van der Waals surface area contributed by atoms with E-state index in [-0.39, 0.29) is 16.7 Å². The van der Waals surface area contributed by atoms with Crippen LogP contribution in [0.2, 0.25) is 0 Å². The summed E-state index contributed by atoms with van der Waals surface area (Å²) in [4.78, 5) is 12.0. The molecule has 0 aromatic carbocycles. The van der Waals surface area contributed by atoms with Crippen LogP contribution in [0.1, 0.15) is 72.6 Å². The summed E-state index contributed by atoms with van der Waals surface area (Å²) < 4.78 is 14.1. The number of carbonyl (C=O) groups excluding carboxylic acids is 1. The summed E-state index contributed by atoms with van der Waals surface area (Å²) in [5, 5.41) is 0. The van der Waals surface area contributed by atoms with Crippen molar-refractivity contribution in [2.24, 2.45) is 34.5 Å². The largest absolute Gasteiger partial charge is 0.295 e. The fourth-order valence-electron chi connectivity index (χ4n) is 7.36. The highest BCUT2D eigenvalue weighted by Crippen LogP contribution is 2.67. The number of ketones is 1. The lowest BCUT2D eigenvalue weighted by atomic mass is 9.45. The maximum absolute atomic E-state index is 14.1. The van der Waals surface area contributed by atoms with Gasteiger partial charge in [-0.25, -0.2) is 4.39 Å². The summed E-state index contributed by atoms with van der Waals surface area (Å²) in [6.45, 7) is 8.74. The van der Waals surface area contributed by atoms with Crippen LogP contribution in [0.5, 0.6) is 0 Å². The molecular weight excluding hydrogens is 299 g/mol. The van der Waals surface area contributed by atoms with E-state index in [1.165, 1.54) is 18.4 Å². The van der Waals surface area contributed by atoms with Crippen molar-refractivity contribution in [2.45, 2.75) is 72.6 Å². The second-order valence-electron chi connectivity index (χ2n) is 9.50. The molecule has 0 spiro atoms. The molecule has 0 heterocycles. The van der Waals surface area contributed by atoms with Gasteiger partial charge in [0.25, 0.3) is 0 Å². The normalized spacial score (nSPS) is 49.9. The Morgan fingerprint density at radius 1 is 1.12 bits per heavy atom. The SMILES string of the molecule is CC(F)=C1CCC2C3C[C@H](C)C4=CC(=O)CC[C@]4(C)C3CC[C@]12C. The van der Waals surface area contributed by atoms with Gasteiger partial charge in [-0.3, -0.25) is 4.79 Å². The lowest BCUT2D eigenvalue weighted by Crippen LogP contribution is -2.51. The maximum atomic E-state index is 14.1. The van der Waals surface area contributed by atoms with E-state index >= 15 is 0 Å². The molecule has 24 heavy (non-hydrogen) atoms. The molecule has 0 amide bonds. The van der Waals surface area contributed by atoms with Crippen molar-refractivity contribution < 1.29 is 9.18 Å². The molecule has 0 aromatic heterocycles. The van der Waals surface area contributed by atoms with Gasteiger partial charge in [-0.2, -0.15) is 0 Å². The fraction of sp³-hybridized carbons (Fsp3) is 0.773. The zero-order valence-electron chi connectivity index (χ0n) is 15.6. The smallest absolute Gasteiger partial charge is 0.155 e. The first kappa shape index (κ1) is 16.5. The van der Waals surface area contributed by atoms with Crippen LogP contribution >= 0.6 is 0 Å². The summed E-state index contributed by atoms with van der Waals surface area (Å²) in [5.41, 5.74) is 2.83. The third-order valence-corrected chi connectivity index (χ3v) is 8.48. The number of hydrogen-bond donors (Lipinski definition) is 0. The third-order valence-electron chi connectivity index (χ3n) is 8.48. The van der Waals surface area contributed by atoms with Crippen molar-refractivity contribution in [3.63, 3.8) is 0 Å². The zero-order valence-corrected chi connectivity index (χ0v) is 15.6. The Kier molecular flexibility index (Phi) is 3.64. The van der Waals surface area contributed by atoms with Crippen molar-refractivity contribution in [1.82, 2.24) is 0 Å². The van der Waals surface area contributed by atoms with Gasteiger partial charge in [0.1, 0.15) is 0 Å². The van der Waals surface area contributed by atoms with Crippen molar-refractivity contribution >= 4 is 5.78 Å². The Morgan fingerprint density at radius 3 is 2.54 bits per heavy atom. The minimum atomic E-state index is 0.0809. The summed E-state index contributed by atoms with van der Waals surface area (Å²) in [6, 6.07) is 0. The molecular formula is C22H31FO. The van der Waals surface area contributed by atoms with Gasteiger partial charge in [0, 0.05) is 6.42 Å². The average Bonchev–Trinajstić information content (AvgIpc) is 2.87. The Bertz CT molecular complexity index is 640. The van der Waals surface area contributed by atoms with Crippen LogP contribution in [0.4, 0.5) is 4.39 Å². The van der Waals surface area contributed by atoms with Crippen molar-refractivity contribution in [3.8, 4) is 0 Å². The molecule has 4 aliphatic carbocycles. The van der Waals surface area contributed by atoms with Crippen molar-refractivity contribution in [1.29, 1.82) is 0 Å². The highest BCUT2D eigenvalue weighted by atomic mass is 19.1. The summed E-state index contributed by atoms with van der Waals surface area (Å²) in [7, 11) is 0. The number of rotatable bonds is 0. The second kappa shape index (κ2) is 5.29. The Labute approximate surface area is 145 Å². The minimum absolute atomic E-state index is 0.0809. The zero-order chi connectivity index (χ0) is 17.3. The van der Waals surface area contributed by atoms with Gasteiger partial charge in [0.15, 0.2) is 5.78 Å².